The van der Waals surface area contributed by atoms with Gasteiger partial charge in [-0.15, -0.1) is 0 Å². The third-order valence-electron chi connectivity index (χ3n) is 2.53. The maximum Gasteiger partial charge on any atom is 0.303 e. The van der Waals surface area contributed by atoms with Gasteiger partial charge in [-0.05, 0) is 37.7 Å². The SMILES string of the molecule is CN(CCCC(=O)O)Cc1ccc(F)c(C#N)c1. The standard InChI is InChI=1S/C13H15FN2O2/c1-16(6-2-3-13(17)18)9-10-4-5-12(14)11(7-10)8-15/h4-5,7H,2-3,6,9H2,1H3,(H,17,18). The molecule has 1 rings (SSSR count). The lowest BCUT2D eigenvalue weighted by Gasteiger charge is -2.16. The van der Waals surface area contributed by atoms with Gasteiger partial charge in [-0.1, -0.05) is 6.07 Å². The third kappa shape index (κ3) is 4.52. The lowest BCUT2D eigenvalue weighted by atomic mass is 10.1. The molecule has 4 nitrogen and oxygen atoms in total. The van der Waals surface area contributed by atoms with E-state index in [1.807, 2.05) is 11.9 Å². The highest BCUT2D eigenvalue weighted by atomic mass is 19.1. The summed E-state index contributed by atoms with van der Waals surface area (Å²) in [5, 5.41) is 17.2. The van der Waals surface area contributed by atoms with E-state index in [4.69, 9.17) is 10.4 Å². The lowest BCUT2D eigenvalue weighted by Crippen LogP contribution is -2.19. The maximum atomic E-state index is 13.1. The summed E-state index contributed by atoms with van der Waals surface area (Å²) in [5.74, 6) is -1.33. The number of hydrogen-bond donors (Lipinski definition) is 1. The van der Waals surface area contributed by atoms with Gasteiger partial charge >= 0.3 is 5.97 Å². The van der Waals surface area contributed by atoms with Crippen molar-refractivity contribution in [2.45, 2.75) is 19.4 Å². The summed E-state index contributed by atoms with van der Waals surface area (Å²) in [6.07, 6.45) is 0.704. The predicted molar refractivity (Wildman–Crippen MR) is 64.3 cm³/mol. The Morgan fingerprint density at radius 1 is 1.56 bits per heavy atom. The van der Waals surface area contributed by atoms with Crippen molar-refractivity contribution >= 4 is 5.97 Å². The van der Waals surface area contributed by atoms with Crippen molar-refractivity contribution < 1.29 is 14.3 Å². The molecule has 0 saturated carbocycles. The molecule has 0 bridgehead atoms. The van der Waals surface area contributed by atoms with Crippen LogP contribution in [0.25, 0.3) is 0 Å². The van der Waals surface area contributed by atoms with Crippen LogP contribution >= 0.6 is 0 Å². The van der Waals surface area contributed by atoms with E-state index in [1.165, 1.54) is 12.1 Å². The van der Waals surface area contributed by atoms with E-state index in [-0.39, 0.29) is 12.0 Å². The van der Waals surface area contributed by atoms with Gasteiger partial charge in [0.2, 0.25) is 0 Å². The largest absolute Gasteiger partial charge is 0.481 e. The minimum absolute atomic E-state index is 0.0337. The molecule has 0 aliphatic carbocycles. The first-order valence-corrected chi connectivity index (χ1v) is 5.62. The number of halogens is 1. The Morgan fingerprint density at radius 2 is 2.28 bits per heavy atom. The molecule has 1 aromatic rings. The number of nitriles is 1. The van der Waals surface area contributed by atoms with Gasteiger partial charge in [0.1, 0.15) is 11.9 Å². The van der Waals surface area contributed by atoms with Crippen molar-refractivity contribution in [2.24, 2.45) is 0 Å². The normalized spacial score (nSPS) is 10.3. The Bertz CT molecular complexity index is 469. The van der Waals surface area contributed by atoms with Crippen LogP contribution in [0.4, 0.5) is 4.39 Å². The van der Waals surface area contributed by atoms with Crippen molar-refractivity contribution in [3.63, 3.8) is 0 Å². The van der Waals surface area contributed by atoms with Crippen LogP contribution in [-0.4, -0.2) is 29.6 Å². The van der Waals surface area contributed by atoms with Gasteiger partial charge in [0, 0.05) is 13.0 Å². The molecule has 0 amide bonds. The zero-order chi connectivity index (χ0) is 13.5. The maximum absolute atomic E-state index is 13.1. The summed E-state index contributed by atoms with van der Waals surface area (Å²) in [5.41, 5.74) is 0.872. The van der Waals surface area contributed by atoms with Crippen molar-refractivity contribution in [2.75, 3.05) is 13.6 Å². The number of carbonyl (C=O) groups is 1. The van der Waals surface area contributed by atoms with Gasteiger partial charge in [-0.25, -0.2) is 4.39 Å². The lowest BCUT2D eigenvalue weighted by molar-refractivity contribution is -0.137. The molecule has 0 aliphatic heterocycles. The molecule has 0 atom stereocenters. The number of hydrogen-bond acceptors (Lipinski definition) is 3. The van der Waals surface area contributed by atoms with Gasteiger partial charge in [-0.3, -0.25) is 4.79 Å². The number of rotatable bonds is 6. The molecule has 0 fully saturated rings. The van der Waals surface area contributed by atoms with E-state index in [9.17, 15) is 9.18 Å². The summed E-state index contributed by atoms with van der Waals surface area (Å²) >= 11 is 0. The fraction of sp³-hybridized carbons (Fsp3) is 0.385. The summed E-state index contributed by atoms with van der Waals surface area (Å²) in [6.45, 7) is 1.21. The van der Waals surface area contributed by atoms with E-state index >= 15 is 0 Å². The molecular weight excluding hydrogens is 235 g/mol. The fourth-order valence-electron chi connectivity index (χ4n) is 1.65. The zero-order valence-corrected chi connectivity index (χ0v) is 10.2. The Labute approximate surface area is 105 Å². The quantitative estimate of drug-likeness (QED) is 0.838. The summed E-state index contributed by atoms with van der Waals surface area (Å²) in [6, 6.07) is 6.22. The van der Waals surface area contributed by atoms with E-state index in [2.05, 4.69) is 0 Å². The molecule has 0 spiro atoms. The van der Waals surface area contributed by atoms with Gasteiger partial charge in [0.15, 0.2) is 0 Å². The molecule has 96 valence electrons. The molecule has 0 aliphatic rings. The van der Waals surface area contributed by atoms with Crippen LogP contribution in [0, 0.1) is 17.1 Å². The van der Waals surface area contributed by atoms with Gasteiger partial charge in [0.05, 0.1) is 5.56 Å². The predicted octanol–water partition coefficient (Wildman–Crippen LogP) is 1.99. The highest BCUT2D eigenvalue weighted by molar-refractivity contribution is 5.66. The Kier molecular flexibility index (Phi) is 5.28. The van der Waals surface area contributed by atoms with Crippen molar-refractivity contribution in [3.8, 4) is 6.07 Å². The number of benzene rings is 1. The van der Waals surface area contributed by atoms with Gasteiger partial charge < -0.3 is 10.0 Å². The second kappa shape index (κ2) is 6.72. The average molecular weight is 250 g/mol. The van der Waals surface area contributed by atoms with E-state index in [0.29, 0.717) is 19.5 Å². The first-order valence-electron chi connectivity index (χ1n) is 5.62. The van der Waals surface area contributed by atoms with Crippen molar-refractivity contribution in [1.82, 2.24) is 4.90 Å². The van der Waals surface area contributed by atoms with Crippen molar-refractivity contribution in [1.29, 1.82) is 5.26 Å². The minimum atomic E-state index is -0.808. The number of nitrogens with zero attached hydrogens (tertiary/aromatic N) is 2. The second-order valence-electron chi connectivity index (χ2n) is 4.16. The Morgan fingerprint density at radius 3 is 2.89 bits per heavy atom. The number of carboxylic acids is 1. The third-order valence-corrected chi connectivity index (χ3v) is 2.53. The van der Waals surface area contributed by atoms with Crippen LogP contribution in [0.5, 0.6) is 0 Å². The molecule has 0 radical (unpaired) electrons. The molecule has 0 heterocycles. The highest BCUT2D eigenvalue weighted by Crippen LogP contribution is 2.11. The van der Waals surface area contributed by atoms with Crippen LogP contribution in [0.2, 0.25) is 0 Å². The van der Waals surface area contributed by atoms with Crippen LogP contribution < -0.4 is 0 Å². The molecule has 0 unspecified atom stereocenters. The van der Waals surface area contributed by atoms with E-state index in [0.717, 1.165) is 5.56 Å². The fourth-order valence-corrected chi connectivity index (χ4v) is 1.65. The topological polar surface area (TPSA) is 64.3 Å². The molecular formula is C13H15FN2O2. The average Bonchev–Trinajstić information content (AvgIpc) is 2.31. The molecule has 5 heteroatoms. The monoisotopic (exact) mass is 250 g/mol. The van der Waals surface area contributed by atoms with E-state index in [1.54, 1.807) is 12.1 Å². The molecule has 1 aromatic carbocycles. The molecule has 1 N–H and O–H groups in total. The van der Waals surface area contributed by atoms with Crippen LogP contribution in [0.15, 0.2) is 18.2 Å². The minimum Gasteiger partial charge on any atom is -0.481 e. The zero-order valence-electron chi connectivity index (χ0n) is 10.2. The summed E-state index contributed by atoms with van der Waals surface area (Å²) in [4.78, 5) is 12.3. The van der Waals surface area contributed by atoms with Gasteiger partial charge in [-0.2, -0.15) is 5.26 Å². The first kappa shape index (κ1) is 14.1. The Balaban J connectivity index is 2.52. The first-order chi connectivity index (χ1) is 8.52. The summed E-state index contributed by atoms with van der Waals surface area (Å²) in [7, 11) is 1.86. The van der Waals surface area contributed by atoms with Crippen LogP contribution in [0.3, 0.4) is 0 Å². The van der Waals surface area contributed by atoms with Crippen molar-refractivity contribution in [3.05, 3.63) is 35.1 Å². The molecule has 0 aromatic heterocycles. The molecule has 0 saturated heterocycles. The number of carboxylic acid groups (broad SMARTS) is 1. The van der Waals surface area contributed by atoms with Crippen LogP contribution in [0.1, 0.15) is 24.0 Å². The number of aliphatic carboxylic acids is 1. The highest BCUT2D eigenvalue weighted by Gasteiger charge is 2.06. The molecule has 18 heavy (non-hydrogen) atoms. The summed E-state index contributed by atoms with van der Waals surface area (Å²) < 4.78 is 13.1. The van der Waals surface area contributed by atoms with E-state index < -0.39 is 11.8 Å². The second-order valence-corrected chi connectivity index (χ2v) is 4.16. The Hall–Kier alpha value is -1.93. The van der Waals surface area contributed by atoms with Crippen LogP contribution in [-0.2, 0) is 11.3 Å². The smallest absolute Gasteiger partial charge is 0.303 e. The van der Waals surface area contributed by atoms with Gasteiger partial charge in [0.25, 0.3) is 0 Å².